The van der Waals surface area contributed by atoms with Crippen LogP contribution in [-0.4, -0.2) is 37.7 Å². The highest BCUT2D eigenvalue weighted by Crippen LogP contribution is 2.33. The van der Waals surface area contributed by atoms with Crippen molar-refractivity contribution in [1.29, 1.82) is 0 Å². The molecule has 3 nitrogen and oxygen atoms in total. The van der Waals surface area contributed by atoms with E-state index in [2.05, 4.69) is 21.9 Å². The third-order valence-corrected chi connectivity index (χ3v) is 3.65. The minimum absolute atomic E-state index is 0. The molecule has 0 aromatic heterocycles. The lowest BCUT2D eigenvalue weighted by Gasteiger charge is -2.35. The van der Waals surface area contributed by atoms with Gasteiger partial charge in [0.1, 0.15) is 5.75 Å². The summed E-state index contributed by atoms with van der Waals surface area (Å²) in [5.41, 5.74) is 0.872. The van der Waals surface area contributed by atoms with Crippen LogP contribution in [0.15, 0.2) is 24.3 Å². The first-order valence-electron chi connectivity index (χ1n) is 7.21. The predicted octanol–water partition coefficient (Wildman–Crippen LogP) is 3.46. The van der Waals surface area contributed by atoms with Gasteiger partial charge >= 0.3 is 6.61 Å². The maximum atomic E-state index is 12.5. The summed E-state index contributed by atoms with van der Waals surface area (Å²) in [6.45, 7) is 3.10. The Morgan fingerprint density at radius 3 is 2.52 bits per heavy atom. The zero-order chi connectivity index (χ0) is 14.4. The quantitative estimate of drug-likeness (QED) is 0.869. The Morgan fingerprint density at radius 1 is 1.24 bits per heavy atom. The van der Waals surface area contributed by atoms with Crippen molar-refractivity contribution in [1.82, 2.24) is 10.2 Å². The number of halogens is 3. The SMILES string of the molecule is CCC[C@@H](c1ccccc1OC(F)F)N1CCNCC1.Cl. The van der Waals surface area contributed by atoms with Crippen LogP contribution in [0.1, 0.15) is 31.4 Å². The van der Waals surface area contributed by atoms with E-state index in [1.165, 1.54) is 0 Å². The van der Waals surface area contributed by atoms with E-state index in [0.717, 1.165) is 44.6 Å². The Labute approximate surface area is 131 Å². The third-order valence-electron chi connectivity index (χ3n) is 3.65. The van der Waals surface area contributed by atoms with Gasteiger partial charge in [-0.15, -0.1) is 12.4 Å². The van der Waals surface area contributed by atoms with Crippen molar-refractivity contribution in [3.63, 3.8) is 0 Å². The number of ether oxygens (including phenoxy) is 1. The van der Waals surface area contributed by atoms with Crippen molar-refractivity contribution in [2.75, 3.05) is 26.2 Å². The summed E-state index contributed by atoms with van der Waals surface area (Å²) in [7, 11) is 0. The summed E-state index contributed by atoms with van der Waals surface area (Å²) >= 11 is 0. The van der Waals surface area contributed by atoms with Gasteiger partial charge in [-0.25, -0.2) is 0 Å². The minimum atomic E-state index is -2.78. The van der Waals surface area contributed by atoms with Gasteiger partial charge in [-0.1, -0.05) is 31.5 Å². The molecule has 1 N–H and O–H groups in total. The van der Waals surface area contributed by atoms with E-state index in [1.54, 1.807) is 12.1 Å². The number of nitrogens with one attached hydrogen (secondary N) is 1. The molecule has 1 atom stereocenters. The van der Waals surface area contributed by atoms with E-state index in [0.29, 0.717) is 5.75 Å². The monoisotopic (exact) mass is 320 g/mol. The Balaban J connectivity index is 0.00000220. The molecule has 21 heavy (non-hydrogen) atoms. The molecule has 0 unspecified atom stereocenters. The third kappa shape index (κ3) is 5.09. The van der Waals surface area contributed by atoms with Gasteiger partial charge in [0, 0.05) is 37.8 Å². The summed E-state index contributed by atoms with van der Waals surface area (Å²) < 4.78 is 29.8. The highest BCUT2D eigenvalue weighted by atomic mass is 35.5. The number of para-hydroxylation sites is 1. The number of hydrogen-bond acceptors (Lipinski definition) is 3. The molecular weight excluding hydrogens is 298 g/mol. The molecular formula is C15H23ClF2N2O. The summed E-state index contributed by atoms with van der Waals surface area (Å²) in [6.07, 6.45) is 1.96. The molecule has 120 valence electrons. The molecule has 0 radical (unpaired) electrons. The van der Waals surface area contributed by atoms with E-state index < -0.39 is 6.61 Å². The second-order valence-electron chi connectivity index (χ2n) is 5.01. The van der Waals surface area contributed by atoms with Crippen LogP contribution in [0.25, 0.3) is 0 Å². The average molecular weight is 321 g/mol. The van der Waals surface area contributed by atoms with Crippen molar-refractivity contribution in [3.8, 4) is 5.75 Å². The van der Waals surface area contributed by atoms with E-state index in [-0.39, 0.29) is 18.4 Å². The van der Waals surface area contributed by atoms with Crippen LogP contribution in [0.3, 0.4) is 0 Å². The molecule has 0 aliphatic carbocycles. The summed E-state index contributed by atoms with van der Waals surface area (Å²) in [4.78, 5) is 2.35. The number of piperazine rings is 1. The molecule has 1 aliphatic rings. The minimum Gasteiger partial charge on any atom is -0.434 e. The lowest BCUT2D eigenvalue weighted by molar-refractivity contribution is -0.0513. The van der Waals surface area contributed by atoms with Crippen LogP contribution in [0.5, 0.6) is 5.75 Å². The van der Waals surface area contributed by atoms with E-state index in [1.807, 2.05) is 12.1 Å². The van der Waals surface area contributed by atoms with Crippen molar-refractivity contribution in [2.45, 2.75) is 32.4 Å². The first-order valence-corrected chi connectivity index (χ1v) is 7.21. The van der Waals surface area contributed by atoms with Gasteiger partial charge in [-0.05, 0) is 12.5 Å². The molecule has 1 aromatic carbocycles. The highest BCUT2D eigenvalue weighted by molar-refractivity contribution is 5.85. The van der Waals surface area contributed by atoms with Crippen LogP contribution in [0.4, 0.5) is 8.78 Å². The molecule has 1 saturated heterocycles. The Morgan fingerprint density at radius 2 is 1.90 bits per heavy atom. The molecule has 1 aromatic rings. The Hall–Kier alpha value is -0.910. The second-order valence-corrected chi connectivity index (χ2v) is 5.01. The number of rotatable bonds is 6. The summed E-state index contributed by atoms with van der Waals surface area (Å²) in [5.74, 6) is 0.305. The van der Waals surface area contributed by atoms with Gasteiger partial charge in [-0.2, -0.15) is 8.78 Å². The fourth-order valence-electron chi connectivity index (χ4n) is 2.76. The van der Waals surface area contributed by atoms with E-state index in [9.17, 15) is 8.78 Å². The molecule has 0 saturated carbocycles. The van der Waals surface area contributed by atoms with E-state index >= 15 is 0 Å². The average Bonchev–Trinajstić information content (AvgIpc) is 2.46. The normalized spacial score (nSPS) is 17.3. The second kappa shape index (κ2) is 9.18. The predicted molar refractivity (Wildman–Crippen MR) is 82.4 cm³/mol. The van der Waals surface area contributed by atoms with Gasteiger partial charge in [0.2, 0.25) is 0 Å². The van der Waals surface area contributed by atoms with Crippen molar-refractivity contribution in [2.24, 2.45) is 0 Å². The molecule has 0 amide bonds. The molecule has 0 spiro atoms. The molecule has 6 heteroatoms. The number of hydrogen-bond donors (Lipinski definition) is 1. The largest absolute Gasteiger partial charge is 0.434 e. The number of nitrogens with zero attached hydrogens (tertiary/aromatic N) is 1. The first-order chi connectivity index (χ1) is 9.72. The maximum Gasteiger partial charge on any atom is 0.387 e. The van der Waals surface area contributed by atoms with Crippen LogP contribution >= 0.6 is 12.4 Å². The maximum absolute atomic E-state index is 12.5. The summed E-state index contributed by atoms with van der Waals surface area (Å²) in [5, 5.41) is 3.32. The van der Waals surface area contributed by atoms with Crippen LogP contribution in [0, 0.1) is 0 Å². The standard InChI is InChI=1S/C15H22F2N2O.ClH/c1-2-5-13(19-10-8-18-9-11-19)12-6-3-4-7-14(12)20-15(16)17;/h3-4,6-7,13,15,18H,2,5,8-11H2,1H3;1H/t13-;/m0./s1. The first kappa shape index (κ1) is 18.1. The van der Waals surface area contributed by atoms with Gasteiger partial charge < -0.3 is 10.1 Å². The lowest BCUT2D eigenvalue weighted by atomic mass is 9.99. The van der Waals surface area contributed by atoms with E-state index in [4.69, 9.17) is 0 Å². The van der Waals surface area contributed by atoms with Crippen LogP contribution < -0.4 is 10.1 Å². The van der Waals surface area contributed by atoms with Gasteiger partial charge in [0.15, 0.2) is 0 Å². The zero-order valence-electron chi connectivity index (χ0n) is 12.2. The fraction of sp³-hybridized carbons (Fsp3) is 0.600. The topological polar surface area (TPSA) is 24.5 Å². The van der Waals surface area contributed by atoms with Gasteiger partial charge in [-0.3, -0.25) is 4.90 Å². The Bertz CT molecular complexity index is 414. The van der Waals surface area contributed by atoms with Crippen molar-refractivity contribution >= 4 is 12.4 Å². The number of benzene rings is 1. The smallest absolute Gasteiger partial charge is 0.387 e. The van der Waals surface area contributed by atoms with Crippen LogP contribution in [0.2, 0.25) is 0 Å². The van der Waals surface area contributed by atoms with Crippen LogP contribution in [-0.2, 0) is 0 Å². The molecule has 1 fully saturated rings. The van der Waals surface area contributed by atoms with Crippen molar-refractivity contribution < 1.29 is 13.5 Å². The molecule has 2 rings (SSSR count). The number of alkyl halides is 2. The summed E-state index contributed by atoms with van der Waals surface area (Å²) in [6, 6.07) is 7.31. The molecule has 1 aliphatic heterocycles. The molecule has 1 heterocycles. The van der Waals surface area contributed by atoms with Gasteiger partial charge in [0.05, 0.1) is 0 Å². The highest BCUT2D eigenvalue weighted by Gasteiger charge is 2.24. The van der Waals surface area contributed by atoms with Crippen molar-refractivity contribution in [3.05, 3.63) is 29.8 Å². The van der Waals surface area contributed by atoms with Gasteiger partial charge in [0.25, 0.3) is 0 Å². The zero-order valence-corrected chi connectivity index (χ0v) is 13.0. The molecule has 0 bridgehead atoms. The fourth-order valence-corrected chi connectivity index (χ4v) is 2.76. The Kier molecular flexibility index (Phi) is 7.93. The lowest BCUT2D eigenvalue weighted by Crippen LogP contribution is -2.45.